The molecule has 0 spiro atoms. The first kappa shape index (κ1) is 10.3. The Morgan fingerprint density at radius 1 is 1.44 bits per heavy atom. The summed E-state index contributed by atoms with van der Waals surface area (Å²) in [5.41, 5.74) is 1.19. The van der Waals surface area contributed by atoms with Crippen LogP contribution in [0.1, 0.15) is 16.2 Å². The molecule has 0 atom stereocenters. The second kappa shape index (κ2) is 4.09. The minimum absolute atomic E-state index is 0.468. The van der Waals surface area contributed by atoms with E-state index in [1.54, 1.807) is 29.8 Å². The van der Waals surface area contributed by atoms with Crippen LogP contribution in [0, 0.1) is 6.92 Å². The Bertz CT molecular complexity index is 521. The molecule has 0 amide bonds. The van der Waals surface area contributed by atoms with Crippen LogP contribution in [0.4, 0.5) is 0 Å². The molecule has 0 aliphatic rings. The number of ether oxygens (including phenoxy) is 1. The van der Waals surface area contributed by atoms with Crippen LogP contribution in [0.15, 0.2) is 18.2 Å². The predicted octanol–water partition coefficient (Wildman–Crippen LogP) is 0.792. The summed E-state index contributed by atoms with van der Waals surface area (Å²) in [5, 5.41) is 11.1. The third kappa shape index (κ3) is 1.65. The number of aromatic nitrogens is 4. The number of carbonyl (C=O) groups is 1. The Balaban J connectivity index is 2.52. The Hall–Kier alpha value is -2.24. The van der Waals surface area contributed by atoms with Crippen molar-refractivity contribution >= 4 is 6.29 Å². The molecule has 0 N–H and O–H groups in total. The van der Waals surface area contributed by atoms with Gasteiger partial charge in [-0.05, 0) is 35.5 Å². The number of hydrogen-bond acceptors (Lipinski definition) is 5. The summed E-state index contributed by atoms with van der Waals surface area (Å²) in [4.78, 5) is 10.9. The highest BCUT2D eigenvalue weighted by atomic mass is 16.5. The largest absolute Gasteiger partial charge is 0.496 e. The van der Waals surface area contributed by atoms with Crippen molar-refractivity contribution < 1.29 is 9.53 Å². The Morgan fingerprint density at radius 3 is 2.81 bits per heavy atom. The summed E-state index contributed by atoms with van der Waals surface area (Å²) in [6.07, 6.45) is 0.738. The Morgan fingerprint density at radius 2 is 2.25 bits per heavy atom. The van der Waals surface area contributed by atoms with Crippen LogP contribution in [0.2, 0.25) is 0 Å². The van der Waals surface area contributed by atoms with Crippen molar-refractivity contribution in [1.29, 1.82) is 0 Å². The number of nitrogens with zero attached hydrogens (tertiary/aromatic N) is 4. The number of carbonyl (C=O) groups excluding carboxylic acids is 1. The lowest BCUT2D eigenvalue weighted by atomic mass is 10.2. The molecular formula is C10H10N4O2. The highest BCUT2D eigenvalue weighted by Crippen LogP contribution is 2.20. The number of aldehydes is 1. The molecule has 2 rings (SSSR count). The molecule has 0 aliphatic carbocycles. The molecule has 0 aliphatic heterocycles. The van der Waals surface area contributed by atoms with E-state index in [1.807, 2.05) is 0 Å². The number of benzene rings is 1. The molecule has 2 aromatic rings. The van der Waals surface area contributed by atoms with Gasteiger partial charge in [-0.1, -0.05) is 0 Å². The Labute approximate surface area is 91.8 Å². The lowest BCUT2D eigenvalue weighted by Crippen LogP contribution is -2.01. The second-order valence-corrected chi connectivity index (χ2v) is 3.18. The third-order valence-electron chi connectivity index (χ3n) is 2.21. The van der Waals surface area contributed by atoms with Crippen LogP contribution in [-0.4, -0.2) is 33.6 Å². The second-order valence-electron chi connectivity index (χ2n) is 3.18. The fourth-order valence-corrected chi connectivity index (χ4v) is 1.42. The molecular weight excluding hydrogens is 208 g/mol. The van der Waals surface area contributed by atoms with Gasteiger partial charge in [0.2, 0.25) is 0 Å². The lowest BCUT2D eigenvalue weighted by Gasteiger charge is -2.06. The van der Waals surface area contributed by atoms with Gasteiger partial charge >= 0.3 is 0 Å². The molecule has 0 bridgehead atoms. The molecule has 0 fully saturated rings. The highest BCUT2D eigenvalue weighted by Gasteiger charge is 2.07. The summed E-state index contributed by atoms with van der Waals surface area (Å²) in [6, 6.07) is 5.17. The molecule has 0 saturated heterocycles. The maximum Gasteiger partial charge on any atom is 0.153 e. The maximum absolute atomic E-state index is 10.9. The van der Waals surface area contributed by atoms with E-state index < -0.39 is 0 Å². The zero-order chi connectivity index (χ0) is 11.5. The van der Waals surface area contributed by atoms with Gasteiger partial charge in [-0.25, -0.2) is 0 Å². The van der Waals surface area contributed by atoms with Crippen molar-refractivity contribution in [3.05, 3.63) is 29.6 Å². The van der Waals surface area contributed by atoms with Crippen LogP contribution in [0.3, 0.4) is 0 Å². The molecule has 82 valence electrons. The van der Waals surface area contributed by atoms with Gasteiger partial charge in [-0.15, -0.1) is 5.10 Å². The predicted molar refractivity (Wildman–Crippen MR) is 55.8 cm³/mol. The molecule has 0 unspecified atom stereocenters. The SMILES string of the molecule is COc1ccc(-n2nnnc2C)cc1C=O. The first-order valence-electron chi connectivity index (χ1n) is 4.65. The molecule has 0 saturated carbocycles. The summed E-state index contributed by atoms with van der Waals surface area (Å²) in [6.45, 7) is 1.78. The number of methoxy groups -OCH3 is 1. The van der Waals surface area contributed by atoms with E-state index >= 15 is 0 Å². The van der Waals surface area contributed by atoms with Crippen LogP contribution in [-0.2, 0) is 0 Å². The molecule has 6 heteroatoms. The van der Waals surface area contributed by atoms with Crippen molar-refractivity contribution in [2.45, 2.75) is 6.92 Å². The van der Waals surface area contributed by atoms with E-state index in [2.05, 4.69) is 15.5 Å². The number of tetrazole rings is 1. The summed E-state index contributed by atoms with van der Waals surface area (Å²) < 4.78 is 6.59. The zero-order valence-electron chi connectivity index (χ0n) is 8.91. The molecule has 1 heterocycles. The van der Waals surface area contributed by atoms with Gasteiger partial charge in [0, 0.05) is 0 Å². The van der Waals surface area contributed by atoms with Gasteiger partial charge in [0.1, 0.15) is 5.75 Å². The van der Waals surface area contributed by atoms with E-state index in [0.717, 1.165) is 12.0 Å². The van der Waals surface area contributed by atoms with Crippen LogP contribution >= 0.6 is 0 Å². The van der Waals surface area contributed by atoms with Crippen molar-refractivity contribution in [2.24, 2.45) is 0 Å². The van der Waals surface area contributed by atoms with Gasteiger partial charge in [-0.2, -0.15) is 4.68 Å². The average molecular weight is 218 g/mol. The summed E-state index contributed by atoms with van der Waals surface area (Å²) in [7, 11) is 1.52. The Kier molecular flexibility index (Phi) is 2.63. The molecule has 1 aromatic carbocycles. The minimum atomic E-state index is 0.468. The minimum Gasteiger partial charge on any atom is -0.496 e. The lowest BCUT2D eigenvalue weighted by molar-refractivity contribution is 0.112. The quantitative estimate of drug-likeness (QED) is 0.712. The third-order valence-corrected chi connectivity index (χ3v) is 2.21. The van der Waals surface area contributed by atoms with Gasteiger partial charge < -0.3 is 4.74 Å². The van der Waals surface area contributed by atoms with Crippen molar-refractivity contribution in [3.8, 4) is 11.4 Å². The zero-order valence-corrected chi connectivity index (χ0v) is 8.91. The van der Waals surface area contributed by atoms with Gasteiger partial charge in [0.05, 0.1) is 18.4 Å². The molecule has 0 radical (unpaired) electrons. The van der Waals surface area contributed by atoms with Crippen molar-refractivity contribution in [2.75, 3.05) is 7.11 Å². The first-order chi connectivity index (χ1) is 7.76. The highest BCUT2D eigenvalue weighted by molar-refractivity contribution is 5.80. The normalized spacial score (nSPS) is 10.1. The van der Waals surface area contributed by atoms with Gasteiger partial charge in [0.25, 0.3) is 0 Å². The first-order valence-corrected chi connectivity index (χ1v) is 4.65. The van der Waals surface area contributed by atoms with E-state index in [9.17, 15) is 4.79 Å². The molecule has 1 aromatic heterocycles. The standard InChI is InChI=1S/C10H10N4O2/c1-7-11-12-13-14(7)9-3-4-10(16-2)8(5-9)6-15/h3-6H,1-2H3. The smallest absolute Gasteiger partial charge is 0.153 e. The van der Waals surface area contributed by atoms with Crippen molar-refractivity contribution in [3.63, 3.8) is 0 Å². The van der Waals surface area contributed by atoms with Crippen LogP contribution < -0.4 is 4.74 Å². The topological polar surface area (TPSA) is 69.9 Å². The summed E-state index contributed by atoms with van der Waals surface area (Å²) >= 11 is 0. The fraction of sp³-hybridized carbons (Fsp3) is 0.200. The number of rotatable bonds is 3. The van der Waals surface area contributed by atoms with Crippen LogP contribution in [0.25, 0.3) is 5.69 Å². The van der Waals surface area contributed by atoms with Crippen LogP contribution in [0.5, 0.6) is 5.75 Å². The average Bonchev–Trinajstić information content (AvgIpc) is 2.74. The monoisotopic (exact) mass is 218 g/mol. The summed E-state index contributed by atoms with van der Waals surface area (Å²) in [5.74, 6) is 1.19. The van der Waals surface area contributed by atoms with Gasteiger partial charge in [0.15, 0.2) is 12.1 Å². The van der Waals surface area contributed by atoms with Crippen molar-refractivity contribution in [1.82, 2.24) is 20.2 Å². The van der Waals surface area contributed by atoms with E-state index in [0.29, 0.717) is 17.1 Å². The maximum atomic E-state index is 10.9. The number of aryl methyl sites for hydroxylation is 1. The molecule has 16 heavy (non-hydrogen) atoms. The fourth-order valence-electron chi connectivity index (χ4n) is 1.42. The van der Waals surface area contributed by atoms with E-state index in [4.69, 9.17) is 4.74 Å². The molecule has 6 nitrogen and oxygen atoms in total. The van der Waals surface area contributed by atoms with E-state index in [-0.39, 0.29) is 0 Å². The van der Waals surface area contributed by atoms with Gasteiger partial charge in [-0.3, -0.25) is 4.79 Å². The van der Waals surface area contributed by atoms with E-state index in [1.165, 1.54) is 7.11 Å². The number of hydrogen-bond donors (Lipinski definition) is 0.